The Kier molecular flexibility index (Phi) is 2.24. The first kappa shape index (κ1) is 9.79. The fourth-order valence-electron chi connectivity index (χ4n) is 1.59. The molecule has 0 radical (unpaired) electrons. The van der Waals surface area contributed by atoms with Gasteiger partial charge in [0.15, 0.2) is 0 Å². The SMILES string of the molecule is C[C@@H](CO)N1C(=O)c2ccncc2C1=O. The van der Waals surface area contributed by atoms with E-state index in [4.69, 9.17) is 5.11 Å². The van der Waals surface area contributed by atoms with Crippen LogP contribution in [0, 0.1) is 0 Å². The van der Waals surface area contributed by atoms with Crippen LogP contribution >= 0.6 is 0 Å². The third-order valence-corrected chi connectivity index (χ3v) is 2.42. The standard InChI is InChI=1S/C10H10N2O3/c1-6(5-13)12-9(14)7-2-3-11-4-8(7)10(12)15/h2-4,6,13H,5H2,1H3/t6-/m0/s1. The molecule has 0 spiro atoms. The second kappa shape index (κ2) is 3.43. The summed E-state index contributed by atoms with van der Waals surface area (Å²) in [6.07, 6.45) is 2.84. The molecule has 2 rings (SSSR count). The van der Waals surface area contributed by atoms with Gasteiger partial charge < -0.3 is 5.11 Å². The topological polar surface area (TPSA) is 70.5 Å². The highest BCUT2D eigenvalue weighted by Crippen LogP contribution is 2.23. The molecule has 2 amide bonds. The Hall–Kier alpha value is -1.75. The molecule has 5 heteroatoms. The lowest BCUT2D eigenvalue weighted by molar-refractivity contribution is 0.0537. The number of nitrogens with zero attached hydrogens (tertiary/aromatic N) is 2. The molecular formula is C10H10N2O3. The van der Waals surface area contributed by atoms with E-state index in [-0.39, 0.29) is 18.4 Å². The van der Waals surface area contributed by atoms with Crippen LogP contribution in [0.3, 0.4) is 0 Å². The zero-order valence-electron chi connectivity index (χ0n) is 8.17. The third-order valence-electron chi connectivity index (χ3n) is 2.42. The van der Waals surface area contributed by atoms with Crippen LogP contribution in [0.2, 0.25) is 0 Å². The van der Waals surface area contributed by atoms with Gasteiger partial charge in [0.25, 0.3) is 11.8 Å². The van der Waals surface area contributed by atoms with Crippen molar-refractivity contribution in [3.05, 3.63) is 29.6 Å². The molecule has 1 aliphatic rings. The molecule has 0 saturated carbocycles. The minimum Gasteiger partial charge on any atom is -0.394 e. The Bertz CT molecular complexity index is 395. The number of carbonyl (C=O) groups excluding carboxylic acids is 2. The zero-order valence-corrected chi connectivity index (χ0v) is 8.17. The maximum absolute atomic E-state index is 11.8. The number of imide groups is 1. The molecule has 0 saturated heterocycles. The average molecular weight is 206 g/mol. The predicted molar refractivity (Wildman–Crippen MR) is 51.3 cm³/mol. The maximum atomic E-state index is 11.8. The number of aliphatic hydroxyl groups excluding tert-OH is 1. The Morgan fingerprint density at radius 1 is 1.40 bits per heavy atom. The van der Waals surface area contributed by atoms with Gasteiger partial charge in [-0.25, -0.2) is 0 Å². The second-order valence-electron chi connectivity index (χ2n) is 3.43. The van der Waals surface area contributed by atoms with E-state index in [9.17, 15) is 9.59 Å². The fourth-order valence-corrected chi connectivity index (χ4v) is 1.59. The summed E-state index contributed by atoms with van der Waals surface area (Å²) in [4.78, 5) is 28.4. The summed E-state index contributed by atoms with van der Waals surface area (Å²) in [5.41, 5.74) is 0.665. The van der Waals surface area contributed by atoms with Crippen molar-refractivity contribution >= 4 is 11.8 Å². The summed E-state index contributed by atoms with van der Waals surface area (Å²) >= 11 is 0. The van der Waals surface area contributed by atoms with Crippen LogP contribution in [0.25, 0.3) is 0 Å². The van der Waals surface area contributed by atoms with Crippen LogP contribution < -0.4 is 0 Å². The third kappa shape index (κ3) is 1.32. The van der Waals surface area contributed by atoms with Gasteiger partial charge in [0, 0.05) is 12.4 Å². The second-order valence-corrected chi connectivity index (χ2v) is 3.43. The van der Waals surface area contributed by atoms with Crippen molar-refractivity contribution in [2.45, 2.75) is 13.0 Å². The number of rotatable bonds is 2. The number of aromatic nitrogens is 1. The van der Waals surface area contributed by atoms with Gasteiger partial charge in [-0.15, -0.1) is 0 Å². The Morgan fingerprint density at radius 3 is 2.67 bits per heavy atom. The maximum Gasteiger partial charge on any atom is 0.263 e. The van der Waals surface area contributed by atoms with E-state index < -0.39 is 6.04 Å². The van der Waals surface area contributed by atoms with Crippen molar-refractivity contribution in [2.75, 3.05) is 6.61 Å². The summed E-state index contributed by atoms with van der Waals surface area (Å²) in [7, 11) is 0. The first-order chi connectivity index (χ1) is 7.16. The predicted octanol–water partition coefficient (Wildman–Crippen LogP) is 0.0584. The van der Waals surface area contributed by atoms with E-state index in [0.717, 1.165) is 4.90 Å². The lowest BCUT2D eigenvalue weighted by Gasteiger charge is -2.19. The van der Waals surface area contributed by atoms with Crippen LogP contribution in [0.1, 0.15) is 27.6 Å². The van der Waals surface area contributed by atoms with Crippen LogP contribution in [0.5, 0.6) is 0 Å². The number of hydrogen-bond donors (Lipinski definition) is 1. The van der Waals surface area contributed by atoms with Crippen LogP contribution in [0.15, 0.2) is 18.5 Å². The molecule has 15 heavy (non-hydrogen) atoms. The molecular weight excluding hydrogens is 196 g/mol. The van der Waals surface area contributed by atoms with Crippen molar-refractivity contribution in [3.63, 3.8) is 0 Å². The highest BCUT2D eigenvalue weighted by atomic mass is 16.3. The van der Waals surface area contributed by atoms with Crippen molar-refractivity contribution in [1.29, 1.82) is 0 Å². The number of amides is 2. The molecule has 1 aromatic heterocycles. The van der Waals surface area contributed by atoms with E-state index >= 15 is 0 Å². The molecule has 78 valence electrons. The molecule has 1 aromatic rings. The molecule has 1 atom stereocenters. The van der Waals surface area contributed by atoms with Crippen molar-refractivity contribution in [2.24, 2.45) is 0 Å². The van der Waals surface area contributed by atoms with E-state index in [1.807, 2.05) is 0 Å². The normalized spacial score (nSPS) is 16.8. The summed E-state index contributed by atoms with van der Waals surface area (Å²) < 4.78 is 0. The molecule has 1 aliphatic heterocycles. The summed E-state index contributed by atoms with van der Waals surface area (Å²) in [5, 5.41) is 8.95. The monoisotopic (exact) mass is 206 g/mol. The van der Waals surface area contributed by atoms with Crippen LogP contribution in [-0.2, 0) is 0 Å². The van der Waals surface area contributed by atoms with Gasteiger partial charge in [0.05, 0.1) is 23.8 Å². The quantitative estimate of drug-likeness (QED) is 0.694. The lowest BCUT2D eigenvalue weighted by Crippen LogP contribution is -2.40. The first-order valence-electron chi connectivity index (χ1n) is 4.59. The van der Waals surface area contributed by atoms with E-state index in [0.29, 0.717) is 11.1 Å². The molecule has 0 fully saturated rings. The highest BCUT2D eigenvalue weighted by molar-refractivity contribution is 6.21. The minimum absolute atomic E-state index is 0.237. The molecule has 0 aromatic carbocycles. The average Bonchev–Trinajstić information content (AvgIpc) is 2.52. The molecule has 0 unspecified atom stereocenters. The summed E-state index contributed by atoms with van der Waals surface area (Å²) in [6.45, 7) is 1.38. The van der Waals surface area contributed by atoms with Gasteiger partial charge in [-0.2, -0.15) is 0 Å². The van der Waals surface area contributed by atoms with E-state index in [2.05, 4.69) is 4.98 Å². The number of aliphatic hydroxyl groups is 1. The highest BCUT2D eigenvalue weighted by Gasteiger charge is 2.38. The van der Waals surface area contributed by atoms with Crippen LogP contribution in [-0.4, -0.2) is 39.5 Å². The van der Waals surface area contributed by atoms with Crippen molar-refractivity contribution in [3.8, 4) is 0 Å². The minimum atomic E-state index is -0.502. The fraction of sp³-hybridized carbons (Fsp3) is 0.300. The van der Waals surface area contributed by atoms with Crippen LogP contribution in [0.4, 0.5) is 0 Å². The molecule has 2 heterocycles. The molecule has 0 aliphatic carbocycles. The van der Waals surface area contributed by atoms with Gasteiger partial charge in [0.2, 0.25) is 0 Å². The Morgan fingerprint density at radius 2 is 2.07 bits per heavy atom. The molecule has 5 nitrogen and oxygen atoms in total. The largest absolute Gasteiger partial charge is 0.394 e. The number of fused-ring (bicyclic) bond motifs is 1. The summed E-state index contributed by atoms with van der Waals surface area (Å²) in [6, 6.07) is 1.01. The van der Waals surface area contributed by atoms with E-state index in [1.54, 1.807) is 6.92 Å². The number of pyridine rings is 1. The smallest absolute Gasteiger partial charge is 0.263 e. The Balaban J connectivity index is 2.45. The van der Waals surface area contributed by atoms with E-state index in [1.165, 1.54) is 18.5 Å². The Labute approximate surface area is 86.3 Å². The van der Waals surface area contributed by atoms with Gasteiger partial charge in [-0.3, -0.25) is 19.5 Å². The lowest BCUT2D eigenvalue weighted by atomic mass is 10.2. The molecule has 0 bridgehead atoms. The van der Waals surface area contributed by atoms with Crippen molar-refractivity contribution < 1.29 is 14.7 Å². The zero-order chi connectivity index (χ0) is 11.0. The molecule has 1 N–H and O–H groups in total. The van der Waals surface area contributed by atoms with Crippen molar-refractivity contribution in [1.82, 2.24) is 9.88 Å². The van der Waals surface area contributed by atoms with Gasteiger partial charge in [0.1, 0.15) is 0 Å². The van der Waals surface area contributed by atoms with Gasteiger partial charge in [-0.1, -0.05) is 0 Å². The first-order valence-corrected chi connectivity index (χ1v) is 4.59. The summed E-state index contributed by atoms with van der Waals surface area (Å²) in [5.74, 6) is -0.747. The van der Waals surface area contributed by atoms with Gasteiger partial charge in [-0.05, 0) is 13.0 Å². The number of carbonyl (C=O) groups is 2. The van der Waals surface area contributed by atoms with Gasteiger partial charge >= 0.3 is 0 Å². The number of hydrogen-bond acceptors (Lipinski definition) is 4.